The largest absolute Gasteiger partial charge is 0.350 e. The lowest BCUT2D eigenvalue weighted by Gasteiger charge is -2.10. The molecule has 0 bridgehead atoms. The molecular weight excluding hydrogens is 328 g/mol. The highest BCUT2D eigenvalue weighted by atomic mass is 15.4. The van der Waals surface area contributed by atoms with Crippen molar-refractivity contribution in [3.8, 4) is 5.69 Å². The molecule has 1 atom stereocenters. The van der Waals surface area contributed by atoms with E-state index in [1.165, 1.54) is 0 Å². The molecule has 0 radical (unpaired) electrons. The lowest BCUT2D eigenvalue weighted by molar-refractivity contribution is 0.779. The Labute approximate surface area is 149 Å². The van der Waals surface area contributed by atoms with Gasteiger partial charge in [-0.05, 0) is 44.2 Å². The molecule has 26 heavy (non-hydrogen) atoms. The van der Waals surface area contributed by atoms with Crippen LogP contribution in [0.15, 0.2) is 36.5 Å². The van der Waals surface area contributed by atoms with Gasteiger partial charge in [0.05, 0.1) is 17.4 Å². The second-order valence-corrected chi connectivity index (χ2v) is 6.57. The zero-order valence-corrected chi connectivity index (χ0v) is 14.3. The van der Waals surface area contributed by atoms with E-state index in [0.29, 0.717) is 23.2 Å². The van der Waals surface area contributed by atoms with Crippen LogP contribution in [0.4, 0.5) is 5.95 Å². The Balaban J connectivity index is 1.56. The maximum absolute atomic E-state index is 4.64. The Kier molecular flexibility index (Phi) is 3.49. The molecule has 8 nitrogen and oxygen atoms in total. The summed E-state index contributed by atoms with van der Waals surface area (Å²) in [6, 6.07) is 10.5. The monoisotopic (exact) mass is 346 g/mol. The highest BCUT2D eigenvalue weighted by Gasteiger charge is 2.16. The fourth-order valence-corrected chi connectivity index (χ4v) is 3.28. The zero-order valence-electron chi connectivity index (χ0n) is 14.3. The summed E-state index contributed by atoms with van der Waals surface area (Å²) in [4.78, 5) is 13.5. The maximum atomic E-state index is 4.64. The minimum Gasteiger partial charge on any atom is -0.350 e. The Bertz CT molecular complexity index is 1100. The second-order valence-electron chi connectivity index (χ2n) is 6.57. The number of nitrogens with one attached hydrogen (secondary N) is 2. The summed E-state index contributed by atoms with van der Waals surface area (Å²) in [7, 11) is 0. The van der Waals surface area contributed by atoms with Crippen LogP contribution in [0.25, 0.3) is 27.8 Å². The van der Waals surface area contributed by atoms with Gasteiger partial charge in [0.1, 0.15) is 0 Å². The Morgan fingerprint density at radius 1 is 1.15 bits per heavy atom. The molecule has 4 heterocycles. The fraction of sp³-hybridized carbons (Fsp3) is 0.278. The van der Waals surface area contributed by atoms with Gasteiger partial charge in [-0.25, -0.2) is 4.98 Å². The molecular formula is C18H18N8. The number of anilines is 1. The predicted molar refractivity (Wildman–Crippen MR) is 99.4 cm³/mol. The van der Waals surface area contributed by atoms with E-state index >= 15 is 0 Å². The molecule has 0 amide bonds. The normalized spacial score (nSPS) is 17.2. The standard InChI is InChI=1S/C18H18N8/c1-11-2-3-12-8-14(4-5-15(12)21-11)26-17-16(24-25-26)10-20-18(23-17)22-13-6-7-19-9-13/h2-5,8,10,13,19H,6-7,9H2,1H3,(H,20,22,23)/t13-/m1/s1. The molecule has 0 unspecified atom stereocenters. The Morgan fingerprint density at radius 2 is 2.12 bits per heavy atom. The van der Waals surface area contributed by atoms with Crippen LogP contribution in [-0.4, -0.2) is 49.1 Å². The number of benzene rings is 1. The maximum Gasteiger partial charge on any atom is 0.225 e. The average molecular weight is 346 g/mol. The fourth-order valence-electron chi connectivity index (χ4n) is 3.28. The molecule has 3 aromatic heterocycles. The zero-order chi connectivity index (χ0) is 17.5. The van der Waals surface area contributed by atoms with Crippen LogP contribution in [-0.2, 0) is 0 Å². The van der Waals surface area contributed by atoms with Crippen LogP contribution in [0, 0.1) is 6.92 Å². The number of aryl methyl sites for hydroxylation is 1. The lowest BCUT2D eigenvalue weighted by atomic mass is 10.2. The van der Waals surface area contributed by atoms with E-state index in [1.54, 1.807) is 10.9 Å². The summed E-state index contributed by atoms with van der Waals surface area (Å²) < 4.78 is 1.74. The minimum absolute atomic E-state index is 0.353. The predicted octanol–water partition coefficient (Wildman–Crippen LogP) is 1.84. The number of aromatic nitrogens is 6. The van der Waals surface area contributed by atoms with E-state index in [1.807, 2.05) is 31.2 Å². The molecule has 5 rings (SSSR count). The molecule has 1 aromatic carbocycles. The van der Waals surface area contributed by atoms with E-state index in [4.69, 9.17) is 0 Å². The first-order chi connectivity index (χ1) is 12.8. The van der Waals surface area contributed by atoms with Gasteiger partial charge in [0.15, 0.2) is 11.2 Å². The third-order valence-corrected chi connectivity index (χ3v) is 4.64. The first-order valence-corrected chi connectivity index (χ1v) is 8.70. The van der Waals surface area contributed by atoms with Gasteiger partial charge in [-0.15, -0.1) is 5.10 Å². The first kappa shape index (κ1) is 15.2. The van der Waals surface area contributed by atoms with Crippen LogP contribution in [0.3, 0.4) is 0 Å². The third kappa shape index (κ3) is 2.64. The summed E-state index contributed by atoms with van der Waals surface area (Å²) in [5.41, 5.74) is 4.22. The van der Waals surface area contributed by atoms with Gasteiger partial charge < -0.3 is 10.6 Å². The van der Waals surface area contributed by atoms with Crippen LogP contribution >= 0.6 is 0 Å². The molecule has 1 aliphatic heterocycles. The van der Waals surface area contributed by atoms with Gasteiger partial charge >= 0.3 is 0 Å². The molecule has 0 spiro atoms. The van der Waals surface area contributed by atoms with Crippen molar-refractivity contribution in [2.45, 2.75) is 19.4 Å². The molecule has 0 aliphatic carbocycles. The van der Waals surface area contributed by atoms with Crippen molar-refractivity contribution in [3.05, 3.63) is 42.2 Å². The van der Waals surface area contributed by atoms with Gasteiger partial charge in [0.2, 0.25) is 5.95 Å². The third-order valence-electron chi connectivity index (χ3n) is 4.64. The van der Waals surface area contributed by atoms with Gasteiger partial charge in [-0.3, -0.25) is 4.98 Å². The Hall–Kier alpha value is -3.13. The SMILES string of the molecule is Cc1ccc2cc(-n3nnc4cnc(N[C@@H]5CCNC5)nc43)ccc2n1. The van der Waals surface area contributed by atoms with Crippen molar-refractivity contribution >= 4 is 28.0 Å². The molecule has 2 N–H and O–H groups in total. The first-order valence-electron chi connectivity index (χ1n) is 8.70. The van der Waals surface area contributed by atoms with Crippen molar-refractivity contribution in [2.24, 2.45) is 0 Å². The van der Waals surface area contributed by atoms with E-state index in [9.17, 15) is 0 Å². The average Bonchev–Trinajstić information content (AvgIpc) is 3.31. The molecule has 1 saturated heterocycles. The van der Waals surface area contributed by atoms with E-state index in [2.05, 4.69) is 42.0 Å². The smallest absolute Gasteiger partial charge is 0.225 e. The molecule has 1 aliphatic rings. The van der Waals surface area contributed by atoms with E-state index in [0.717, 1.165) is 41.8 Å². The molecule has 8 heteroatoms. The van der Waals surface area contributed by atoms with Gasteiger partial charge in [0, 0.05) is 23.7 Å². The van der Waals surface area contributed by atoms with Crippen LogP contribution in [0.1, 0.15) is 12.1 Å². The number of rotatable bonds is 3. The second kappa shape index (κ2) is 5.99. The van der Waals surface area contributed by atoms with Gasteiger partial charge in [-0.1, -0.05) is 11.3 Å². The number of pyridine rings is 1. The summed E-state index contributed by atoms with van der Waals surface area (Å²) >= 11 is 0. The van der Waals surface area contributed by atoms with Gasteiger partial charge in [0.25, 0.3) is 0 Å². The van der Waals surface area contributed by atoms with Crippen molar-refractivity contribution in [1.82, 2.24) is 35.3 Å². The number of nitrogens with zero attached hydrogens (tertiary/aromatic N) is 6. The van der Waals surface area contributed by atoms with E-state index in [-0.39, 0.29) is 0 Å². The number of fused-ring (bicyclic) bond motifs is 2. The highest BCUT2D eigenvalue weighted by molar-refractivity contribution is 5.82. The molecule has 4 aromatic rings. The van der Waals surface area contributed by atoms with E-state index < -0.39 is 0 Å². The summed E-state index contributed by atoms with van der Waals surface area (Å²) in [6.07, 6.45) is 2.78. The number of hydrogen-bond donors (Lipinski definition) is 2. The summed E-state index contributed by atoms with van der Waals surface area (Å²) in [5.74, 6) is 0.604. The summed E-state index contributed by atoms with van der Waals surface area (Å²) in [6.45, 7) is 3.93. The summed E-state index contributed by atoms with van der Waals surface area (Å²) in [5, 5.41) is 16.2. The molecule has 0 saturated carbocycles. The quantitative estimate of drug-likeness (QED) is 0.584. The number of hydrogen-bond acceptors (Lipinski definition) is 7. The van der Waals surface area contributed by atoms with Crippen molar-refractivity contribution in [3.63, 3.8) is 0 Å². The van der Waals surface area contributed by atoms with Crippen LogP contribution in [0.5, 0.6) is 0 Å². The van der Waals surface area contributed by atoms with Crippen LogP contribution < -0.4 is 10.6 Å². The van der Waals surface area contributed by atoms with Crippen LogP contribution in [0.2, 0.25) is 0 Å². The highest BCUT2D eigenvalue weighted by Crippen LogP contribution is 2.20. The Morgan fingerprint density at radius 3 is 3.00 bits per heavy atom. The van der Waals surface area contributed by atoms with Crippen molar-refractivity contribution < 1.29 is 0 Å². The molecule has 130 valence electrons. The molecule has 1 fully saturated rings. The topological polar surface area (TPSA) is 93.4 Å². The van der Waals surface area contributed by atoms with Crippen molar-refractivity contribution in [2.75, 3.05) is 18.4 Å². The minimum atomic E-state index is 0.353. The van der Waals surface area contributed by atoms with Crippen molar-refractivity contribution in [1.29, 1.82) is 0 Å². The van der Waals surface area contributed by atoms with Gasteiger partial charge in [-0.2, -0.15) is 9.67 Å². The lowest BCUT2D eigenvalue weighted by Crippen LogP contribution is -2.23.